The van der Waals surface area contributed by atoms with Crippen molar-refractivity contribution in [2.24, 2.45) is 0 Å². The molecule has 0 bridgehead atoms. The molecule has 1 aromatic rings. The van der Waals surface area contributed by atoms with Gasteiger partial charge in [0.1, 0.15) is 6.61 Å². The Morgan fingerprint density at radius 1 is 0.512 bits per heavy atom. The molecule has 0 radical (unpaired) electrons. The van der Waals surface area contributed by atoms with E-state index in [1.165, 1.54) is 0 Å². The van der Waals surface area contributed by atoms with Crippen LogP contribution < -0.4 is 5.32 Å². The summed E-state index contributed by atoms with van der Waals surface area (Å²) in [5.74, 6) is 0. The van der Waals surface area contributed by atoms with Crippen LogP contribution in [0.3, 0.4) is 0 Å². The normalized spacial score (nSPS) is 11.1. The Hall–Kier alpha value is -1.14. The van der Waals surface area contributed by atoms with Gasteiger partial charge < -0.3 is 52.7 Å². The number of alkyl halides is 1. The molecule has 0 fully saturated rings. The van der Waals surface area contributed by atoms with E-state index in [0.717, 1.165) is 16.6 Å². The van der Waals surface area contributed by atoms with E-state index >= 15 is 0 Å². The van der Waals surface area contributed by atoms with Gasteiger partial charge in [-0.25, -0.2) is 4.79 Å². The molecule has 0 aromatic heterocycles. The van der Waals surface area contributed by atoms with Crippen molar-refractivity contribution in [3.63, 3.8) is 0 Å². The number of halogens is 1. The molecule has 13 heteroatoms. The van der Waals surface area contributed by atoms with E-state index in [-0.39, 0.29) is 6.61 Å². The van der Waals surface area contributed by atoms with Gasteiger partial charge in [-0.3, -0.25) is 0 Å². The number of amides is 1. The first-order valence-corrected chi connectivity index (χ1v) is 15.6. The average Bonchev–Trinajstić information content (AvgIpc) is 2.99. The van der Waals surface area contributed by atoms with Gasteiger partial charge in [0.05, 0.1) is 119 Å². The first-order chi connectivity index (χ1) is 20.3. The van der Waals surface area contributed by atoms with Gasteiger partial charge in [-0.15, -0.1) is 0 Å². The number of ether oxygens (including phenoxy) is 10. The fourth-order valence-electron chi connectivity index (χ4n) is 2.92. The van der Waals surface area contributed by atoms with Gasteiger partial charge >= 0.3 is 6.09 Å². The SMILES string of the molecule is O=C(NCCOCCOCCOCCOCCOCCOCCOCCOCCOCCI)OCc1ccccc1. The quantitative estimate of drug-likeness (QED) is 0.0699. The summed E-state index contributed by atoms with van der Waals surface area (Å²) in [5, 5.41) is 2.64. The van der Waals surface area contributed by atoms with Crippen molar-refractivity contribution in [3.05, 3.63) is 35.9 Å². The molecule has 0 aliphatic heterocycles. The molecule has 1 amide bonds. The van der Waals surface area contributed by atoms with Gasteiger partial charge in [0.2, 0.25) is 0 Å². The summed E-state index contributed by atoms with van der Waals surface area (Å²) in [6.45, 7) is 10.0. The summed E-state index contributed by atoms with van der Waals surface area (Å²) in [6, 6.07) is 9.51. The minimum absolute atomic E-state index is 0.241. The Morgan fingerprint density at radius 3 is 1.22 bits per heavy atom. The predicted molar refractivity (Wildman–Crippen MR) is 161 cm³/mol. The van der Waals surface area contributed by atoms with Crippen molar-refractivity contribution in [2.75, 3.05) is 130 Å². The summed E-state index contributed by atoms with van der Waals surface area (Å²) in [4.78, 5) is 11.6. The maximum absolute atomic E-state index is 11.6. The molecule has 0 aliphatic carbocycles. The van der Waals surface area contributed by atoms with Crippen molar-refractivity contribution >= 4 is 28.7 Å². The van der Waals surface area contributed by atoms with Crippen LogP contribution in [-0.2, 0) is 54.0 Å². The zero-order valence-corrected chi connectivity index (χ0v) is 26.3. The van der Waals surface area contributed by atoms with Gasteiger partial charge in [0.25, 0.3) is 0 Å². The number of carbonyl (C=O) groups excluding carboxylic acids is 1. The van der Waals surface area contributed by atoms with Crippen LogP contribution in [0.5, 0.6) is 0 Å². The highest BCUT2D eigenvalue weighted by molar-refractivity contribution is 14.1. The average molecular weight is 702 g/mol. The Labute approximate surface area is 258 Å². The van der Waals surface area contributed by atoms with E-state index in [9.17, 15) is 4.79 Å². The molecule has 0 unspecified atom stereocenters. The molecular formula is C28H48INO11. The van der Waals surface area contributed by atoms with Crippen LogP contribution in [0.2, 0.25) is 0 Å². The Morgan fingerprint density at radius 2 is 0.854 bits per heavy atom. The first kappa shape index (κ1) is 37.9. The molecule has 1 rings (SSSR count). The summed E-state index contributed by atoms with van der Waals surface area (Å²) in [6.07, 6.45) is -0.466. The van der Waals surface area contributed by atoms with Crippen molar-refractivity contribution < 1.29 is 52.2 Å². The standard InChI is InChI=1S/C28H48INO11/c29-6-8-32-10-12-34-14-16-36-18-20-38-22-24-40-25-23-39-21-19-37-17-15-35-13-11-33-9-7-30-28(31)41-26-27-4-2-1-3-5-27/h1-5H,6-26H2,(H,30,31). The smallest absolute Gasteiger partial charge is 0.407 e. The van der Waals surface area contributed by atoms with E-state index < -0.39 is 6.09 Å². The first-order valence-electron chi connectivity index (χ1n) is 14.0. The van der Waals surface area contributed by atoms with Crippen LogP contribution in [-0.4, -0.2) is 136 Å². The van der Waals surface area contributed by atoms with Crippen molar-refractivity contribution in [3.8, 4) is 0 Å². The molecule has 41 heavy (non-hydrogen) atoms. The molecule has 0 saturated carbocycles. The Kier molecular flexibility index (Phi) is 29.4. The lowest BCUT2D eigenvalue weighted by Crippen LogP contribution is -2.28. The van der Waals surface area contributed by atoms with Gasteiger partial charge in [-0.05, 0) is 5.56 Å². The lowest BCUT2D eigenvalue weighted by molar-refractivity contribution is -0.0247. The maximum atomic E-state index is 11.6. The molecule has 1 aromatic carbocycles. The summed E-state index contributed by atoms with van der Waals surface area (Å²) in [5.41, 5.74) is 0.940. The molecule has 0 spiro atoms. The van der Waals surface area contributed by atoms with Gasteiger partial charge in [-0.1, -0.05) is 52.9 Å². The molecule has 0 heterocycles. The number of hydrogen-bond donors (Lipinski definition) is 1. The fraction of sp³-hybridized carbons (Fsp3) is 0.750. The van der Waals surface area contributed by atoms with Gasteiger partial charge in [0, 0.05) is 11.0 Å². The number of nitrogens with one attached hydrogen (secondary N) is 1. The zero-order valence-electron chi connectivity index (χ0n) is 24.1. The molecule has 0 atom stereocenters. The van der Waals surface area contributed by atoms with Gasteiger partial charge in [0.15, 0.2) is 0 Å². The Balaban J connectivity index is 1.65. The van der Waals surface area contributed by atoms with E-state index in [0.29, 0.717) is 119 Å². The predicted octanol–water partition coefficient (Wildman–Crippen LogP) is 2.50. The number of benzene rings is 1. The second kappa shape index (κ2) is 31.8. The highest BCUT2D eigenvalue weighted by Crippen LogP contribution is 2.00. The van der Waals surface area contributed by atoms with Crippen molar-refractivity contribution in [1.29, 1.82) is 0 Å². The molecule has 0 saturated heterocycles. The topological polar surface area (TPSA) is 121 Å². The highest BCUT2D eigenvalue weighted by Gasteiger charge is 2.01. The van der Waals surface area contributed by atoms with Gasteiger partial charge in [-0.2, -0.15) is 0 Å². The van der Waals surface area contributed by atoms with Crippen LogP contribution in [0.1, 0.15) is 5.56 Å². The summed E-state index contributed by atoms with van der Waals surface area (Å²) >= 11 is 2.27. The largest absolute Gasteiger partial charge is 0.445 e. The third kappa shape index (κ3) is 28.7. The van der Waals surface area contributed by atoms with Crippen LogP contribution in [0.25, 0.3) is 0 Å². The Bertz CT molecular complexity index is 676. The van der Waals surface area contributed by atoms with Crippen LogP contribution in [0.15, 0.2) is 30.3 Å². The molecular weight excluding hydrogens is 653 g/mol. The van der Waals surface area contributed by atoms with E-state index in [4.69, 9.17) is 47.4 Å². The van der Waals surface area contributed by atoms with E-state index in [1.807, 2.05) is 30.3 Å². The minimum atomic E-state index is -0.466. The monoisotopic (exact) mass is 701 g/mol. The van der Waals surface area contributed by atoms with Crippen LogP contribution >= 0.6 is 22.6 Å². The molecule has 238 valence electrons. The van der Waals surface area contributed by atoms with Crippen LogP contribution in [0, 0.1) is 0 Å². The fourth-order valence-corrected chi connectivity index (χ4v) is 3.23. The minimum Gasteiger partial charge on any atom is -0.445 e. The zero-order chi connectivity index (χ0) is 29.3. The maximum Gasteiger partial charge on any atom is 0.407 e. The second-order valence-corrected chi connectivity index (χ2v) is 9.27. The number of hydrogen-bond acceptors (Lipinski definition) is 11. The summed E-state index contributed by atoms with van der Waals surface area (Å²) < 4.78 is 54.9. The van der Waals surface area contributed by atoms with Crippen molar-refractivity contribution in [2.45, 2.75) is 6.61 Å². The third-order valence-electron chi connectivity index (χ3n) is 4.93. The third-order valence-corrected chi connectivity index (χ3v) is 5.37. The highest BCUT2D eigenvalue weighted by atomic mass is 127. The lowest BCUT2D eigenvalue weighted by atomic mass is 10.2. The molecule has 1 N–H and O–H groups in total. The lowest BCUT2D eigenvalue weighted by Gasteiger charge is -2.09. The summed E-state index contributed by atoms with van der Waals surface area (Å²) in [7, 11) is 0. The number of rotatable bonds is 31. The van der Waals surface area contributed by atoms with Crippen LogP contribution in [0.4, 0.5) is 4.79 Å². The molecule has 0 aliphatic rings. The van der Waals surface area contributed by atoms with E-state index in [2.05, 4.69) is 27.9 Å². The number of carbonyl (C=O) groups is 1. The number of alkyl carbamates (subject to hydrolysis) is 1. The van der Waals surface area contributed by atoms with E-state index in [1.54, 1.807) is 0 Å². The van der Waals surface area contributed by atoms with Crippen molar-refractivity contribution in [1.82, 2.24) is 5.32 Å². The molecule has 12 nitrogen and oxygen atoms in total. The second-order valence-electron chi connectivity index (χ2n) is 8.19.